The highest BCUT2D eigenvalue weighted by molar-refractivity contribution is 5.39. The van der Waals surface area contributed by atoms with E-state index in [1.165, 1.54) is 6.33 Å². The Bertz CT molecular complexity index is 644. The summed E-state index contributed by atoms with van der Waals surface area (Å²) in [7, 11) is 0. The van der Waals surface area contributed by atoms with Gasteiger partial charge in [-0.25, -0.2) is 15.8 Å². The first-order valence-electron chi connectivity index (χ1n) is 5.05. The van der Waals surface area contributed by atoms with E-state index in [2.05, 4.69) is 15.4 Å². The predicted molar refractivity (Wildman–Crippen MR) is 62.8 cm³/mol. The van der Waals surface area contributed by atoms with E-state index in [9.17, 15) is 0 Å². The largest absolute Gasteiger partial charge is 0.317 e. The molecule has 0 fully saturated rings. The van der Waals surface area contributed by atoms with Crippen LogP contribution in [0.4, 0.5) is 5.82 Å². The van der Waals surface area contributed by atoms with Crippen LogP contribution in [0.3, 0.4) is 0 Å². The van der Waals surface area contributed by atoms with Crippen molar-refractivity contribution in [2.24, 2.45) is 5.84 Å². The number of nitriles is 2. The smallest absolute Gasteiger partial charge is 0.176 e. The van der Waals surface area contributed by atoms with Gasteiger partial charge in [-0.2, -0.15) is 10.5 Å². The average Bonchev–Trinajstić information content (AvgIpc) is 2.80. The second kappa shape index (κ2) is 4.95. The number of nitrogens with zero attached hydrogens (tertiary/aromatic N) is 5. The number of hydrazine groups is 1. The van der Waals surface area contributed by atoms with Gasteiger partial charge in [0.1, 0.15) is 18.0 Å². The van der Waals surface area contributed by atoms with Gasteiger partial charge in [-0.05, 0) is 17.7 Å². The molecule has 7 nitrogen and oxygen atoms in total. The quantitative estimate of drug-likeness (QED) is 0.589. The molecule has 0 unspecified atom stereocenters. The topological polar surface area (TPSA) is 116 Å². The summed E-state index contributed by atoms with van der Waals surface area (Å²) in [5, 5.41) is 17.8. The number of anilines is 1. The van der Waals surface area contributed by atoms with E-state index in [4.69, 9.17) is 16.4 Å². The zero-order valence-corrected chi connectivity index (χ0v) is 9.33. The van der Waals surface area contributed by atoms with Crippen molar-refractivity contribution in [2.45, 2.75) is 6.54 Å². The second-order valence-electron chi connectivity index (χ2n) is 3.49. The molecule has 3 N–H and O–H groups in total. The molecule has 0 atom stereocenters. The molecule has 0 aliphatic carbocycles. The van der Waals surface area contributed by atoms with Gasteiger partial charge in [0.25, 0.3) is 0 Å². The van der Waals surface area contributed by atoms with E-state index in [-0.39, 0.29) is 11.4 Å². The Morgan fingerprint density at radius 2 is 2.17 bits per heavy atom. The Kier molecular flexibility index (Phi) is 3.19. The Labute approximate surface area is 103 Å². The Morgan fingerprint density at radius 3 is 2.83 bits per heavy atom. The molecule has 0 aliphatic heterocycles. The molecule has 0 spiro atoms. The highest BCUT2D eigenvalue weighted by atomic mass is 15.2. The van der Waals surface area contributed by atoms with E-state index in [0.29, 0.717) is 12.4 Å². The maximum absolute atomic E-state index is 8.99. The lowest BCUT2D eigenvalue weighted by atomic mass is 10.2. The summed E-state index contributed by atoms with van der Waals surface area (Å²) in [4.78, 5) is 7.85. The van der Waals surface area contributed by atoms with Gasteiger partial charge in [-0.15, -0.1) is 0 Å². The Balaban J connectivity index is 2.32. The molecule has 7 heteroatoms. The molecule has 0 saturated carbocycles. The molecular formula is C11H9N7. The van der Waals surface area contributed by atoms with Gasteiger partial charge in [0.05, 0.1) is 6.33 Å². The molecule has 2 heterocycles. The van der Waals surface area contributed by atoms with E-state index < -0.39 is 0 Å². The molecule has 0 aromatic carbocycles. The van der Waals surface area contributed by atoms with Crippen LogP contribution in [0, 0.1) is 22.7 Å². The predicted octanol–water partition coefficient (Wildman–Crippen LogP) is 0.355. The van der Waals surface area contributed by atoms with Gasteiger partial charge in [0.15, 0.2) is 11.4 Å². The van der Waals surface area contributed by atoms with Crippen LogP contribution < -0.4 is 11.3 Å². The van der Waals surface area contributed by atoms with Crippen molar-refractivity contribution in [3.05, 3.63) is 41.6 Å². The van der Waals surface area contributed by atoms with Crippen LogP contribution in [0.25, 0.3) is 0 Å². The number of hydrogen-bond acceptors (Lipinski definition) is 6. The Morgan fingerprint density at radius 1 is 1.33 bits per heavy atom. The maximum atomic E-state index is 8.99. The first-order valence-corrected chi connectivity index (χ1v) is 5.05. The van der Waals surface area contributed by atoms with Gasteiger partial charge in [-0.3, -0.25) is 0 Å². The lowest BCUT2D eigenvalue weighted by molar-refractivity contribution is 0.784. The molecule has 0 amide bonds. The highest BCUT2D eigenvalue weighted by Gasteiger charge is 2.10. The van der Waals surface area contributed by atoms with Crippen molar-refractivity contribution in [3.63, 3.8) is 0 Å². The lowest BCUT2D eigenvalue weighted by Gasteiger charge is -2.05. The van der Waals surface area contributed by atoms with Crippen LogP contribution in [-0.2, 0) is 6.54 Å². The number of imidazole rings is 1. The number of rotatable bonds is 3. The second-order valence-corrected chi connectivity index (χ2v) is 3.49. The average molecular weight is 239 g/mol. The van der Waals surface area contributed by atoms with Crippen molar-refractivity contribution < 1.29 is 0 Å². The van der Waals surface area contributed by atoms with Crippen molar-refractivity contribution in [3.8, 4) is 12.1 Å². The van der Waals surface area contributed by atoms with E-state index in [1.807, 2.05) is 12.1 Å². The van der Waals surface area contributed by atoms with Gasteiger partial charge in [-0.1, -0.05) is 0 Å². The molecule has 0 bridgehead atoms. The molecular weight excluding hydrogens is 230 g/mol. The minimum absolute atomic E-state index is 0.128. The van der Waals surface area contributed by atoms with Crippen molar-refractivity contribution >= 4 is 5.82 Å². The van der Waals surface area contributed by atoms with E-state index >= 15 is 0 Å². The van der Waals surface area contributed by atoms with Crippen LogP contribution in [0.5, 0.6) is 0 Å². The Hall–Kier alpha value is -2.90. The normalized spacial score (nSPS) is 9.50. The van der Waals surface area contributed by atoms with Crippen molar-refractivity contribution in [2.75, 3.05) is 5.43 Å². The third kappa shape index (κ3) is 2.12. The number of nitrogens with one attached hydrogen (secondary N) is 1. The third-order valence-corrected chi connectivity index (χ3v) is 2.37. The summed E-state index contributed by atoms with van der Waals surface area (Å²) in [5.41, 5.74) is 3.72. The molecule has 0 radical (unpaired) electrons. The summed E-state index contributed by atoms with van der Waals surface area (Å²) in [6, 6.07) is 7.40. The van der Waals surface area contributed by atoms with Gasteiger partial charge < -0.3 is 9.99 Å². The summed E-state index contributed by atoms with van der Waals surface area (Å²) >= 11 is 0. The molecule has 2 aromatic rings. The number of nitrogens with two attached hydrogens (primary N) is 1. The van der Waals surface area contributed by atoms with Crippen LogP contribution in [-0.4, -0.2) is 14.5 Å². The van der Waals surface area contributed by atoms with E-state index in [1.54, 1.807) is 22.9 Å². The summed E-state index contributed by atoms with van der Waals surface area (Å²) in [6.45, 7) is 0.425. The third-order valence-electron chi connectivity index (χ3n) is 2.37. The lowest BCUT2D eigenvalue weighted by Crippen LogP contribution is -2.09. The molecule has 0 aliphatic rings. The zero-order chi connectivity index (χ0) is 13.0. The van der Waals surface area contributed by atoms with Crippen LogP contribution in [0.1, 0.15) is 17.0 Å². The fraction of sp³-hybridized carbons (Fsp3) is 0.0909. The molecule has 2 rings (SSSR count). The van der Waals surface area contributed by atoms with Crippen molar-refractivity contribution in [1.29, 1.82) is 10.5 Å². The van der Waals surface area contributed by atoms with Gasteiger partial charge in [0.2, 0.25) is 0 Å². The van der Waals surface area contributed by atoms with Crippen LogP contribution in [0.15, 0.2) is 24.7 Å². The van der Waals surface area contributed by atoms with Crippen molar-refractivity contribution in [1.82, 2.24) is 14.5 Å². The molecule has 0 saturated heterocycles. The van der Waals surface area contributed by atoms with Gasteiger partial charge >= 0.3 is 0 Å². The minimum atomic E-state index is 0.128. The SMILES string of the molecule is N#Cc1ncn(Cc2ccnc(NN)c2)c1C#N. The fourth-order valence-electron chi connectivity index (χ4n) is 1.55. The summed E-state index contributed by atoms with van der Waals surface area (Å²) in [6.07, 6.45) is 3.08. The van der Waals surface area contributed by atoms with Gasteiger partial charge in [0, 0.05) is 12.7 Å². The first-order chi connectivity index (χ1) is 8.78. The molecule has 88 valence electrons. The number of pyridine rings is 1. The fourth-order valence-corrected chi connectivity index (χ4v) is 1.55. The maximum Gasteiger partial charge on any atom is 0.176 e. The monoisotopic (exact) mass is 239 g/mol. The van der Waals surface area contributed by atoms with E-state index in [0.717, 1.165) is 5.56 Å². The first kappa shape index (κ1) is 11.6. The molecule has 2 aromatic heterocycles. The standard InChI is InChI=1S/C11H9N7/c12-4-9-10(5-13)18(7-16-9)6-8-1-2-15-11(3-8)17-14/h1-3,7H,6,14H2,(H,15,17). The highest BCUT2D eigenvalue weighted by Crippen LogP contribution is 2.11. The van der Waals surface area contributed by atoms with Crippen LogP contribution in [0.2, 0.25) is 0 Å². The number of hydrogen-bond donors (Lipinski definition) is 2. The van der Waals surface area contributed by atoms with Crippen LogP contribution >= 0.6 is 0 Å². The zero-order valence-electron chi connectivity index (χ0n) is 9.33. The summed E-state index contributed by atoms with van der Waals surface area (Å²) < 4.78 is 1.61. The molecule has 18 heavy (non-hydrogen) atoms. The number of nitrogen functional groups attached to an aromatic ring is 1. The minimum Gasteiger partial charge on any atom is -0.317 e. The number of aromatic nitrogens is 3. The summed E-state index contributed by atoms with van der Waals surface area (Å²) in [5.74, 6) is 5.80.